The number of hydrogen-bond donors (Lipinski definition) is 2. The molecule has 7 heteroatoms. The summed E-state index contributed by atoms with van der Waals surface area (Å²) in [6.45, 7) is 8.97. The van der Waals surface area contributed by atoms with Crippen LogP contribution in [0, 0.1) is 5.82 Å². The monoisotopic (exact) mass is 322 g/mol. The summed E-state index contributed by atoms with van der Waals surface area (Å²) in [4.78, 5) is 1.96. The second kappa shape index (κ2) is 6.95. The highest BCUT2D eigenvalue weighted by molar-refractivity contribution is 5.49. The van der Waals surface area contributed by atoms with Gasteiger partial charge in [0.05, 0.1) is 5.69 Å². The molecule has 0 amide bonds. The van der Waals surface area contributed by atoms with Gasteiger partial charge in [0.2, 0.25) is 5.89 Å². The molecule has 0 aliphatic heterocycles. The smallest absolute Gasteiger partial charge is 0.315 e. The van der Waals surface area contributed by atoms with E-state index in [2.05, 4.69) is 15.5 Å². The summed E-state index contributed by atoms with van der Waals surface area (Å²) in [6.07, 6.45) is 0. The number of hydrogen-bond acceptors (Lipinski definition) is 6. The van der Waals surface area contributed by atoms with E-state index >= 15 is 0 Å². The molecule has 0 atom stereocenters. The minimum atomic E-state index is -1.19. The molecule has 0 saturated heterocycles. The third kappa shape index (κ3) is 4.19. The second-order valence-electron chi connectivity index (χ2n) is 5.78. The van der Waals surface area contributed by atoms with Gasteiger partial charge in [-0.2, -0.15) is 0 Å². The Balaban J connectivity index is 2.04. The number of benzene rings is 1. The molecule has 0 aliphatic carbocycles. The minimum absolute atomic E-state index is 0.128. The molecular weight excluding hydrogens is 299 g/mol. The summed E-state index contributed by atoms with van der Waals surface area (Å²) in [5.41, 5.74) is 0.173. The Kier molecular flexibility index (Phi) is 5.20. The molecule has 0 aliphatic rings. The van der Waals surface area contributed by atoms with Gasteiger partial charge in [-0.3, -0.25) is 0 Å². The summed E-state index contributed by atoms with van der Waals surface area (Å²) >= 11 is 0. The summed E-state index contributed by atoms with van der Waals surface area (Å²) < 4.78 is 19.5. The summed E-state index contributed by atoms with van der Waals surface area (Å²) in [5, 5.41) is 20.3. The Morgan fingerprint density at radius 1 is 1.26 bits per heavy atom. The van der Waals surface area contributed by atoms with E-state index in [9.17, 15) is 9.50 Å². The van der Waals surface area contributed by atoms with Gasteiger partial charge >= 0.3 is 6.01 Å². The standard InChI is InChI=1S/C16H23FN4O2/c1-5-21(6-2)13-8-7-11(9-12(13)17)10-18-15-20-19-14(23-15)16(3,4)22/h7-9,22H,5-6,10H2,1-4H3,(H,18,20). The van der Waals surface area contributed by atoms with E-state index in [0.717, 1.165) is 18.7 Å². The van der Waals surface area contributed by atoms with Gasteiger partial charge in [-0.25, -0.2) is 4.39 Å². The van der Waals surface area contributed by atoms with Gasteiger partial charge < -0.3 is 19.7 Å². The largest absolute Gasteiger partial charge is 0.405 e. The zero-order valence-corrected chi connectivity index (χ0v) is 13.9. The van der Waals surface area contributed by atoms with Gasteiger partial charge in [-0.15, -0.1) is 5.10 Å². The van der Waals surface area contributed by atoms with Crippen LogP contribution in [-0.4, -0.2) is 28.4 Å². The molecule has 2 rings (SSSR count). The molecule has 2 N–H and O–H groups in total. The maximum absolute atomic E-state index is 14.2. The van der Waals surface area contributed by atoms with Crippen LogP contribution in [0.25, 0.3) is 0 Å². The van der Waals surface area contributed by atoms with Crippen LogP contribution in [-0.2, 0) is 12.1 Å². The molecule has 0 saturated carbocycles. The molecule has 1 aromatic carbocycles. The predicted octanol–water partition coefficient (Wildman–Crippen LogP) is 2.89. The summed E-state index contributed by atoms with van der Waals surface area (Å²) in [5.74, 6) is -0.126. The minimum Gasteiger partial charge on any atom is -0.405 e. The predicted molar refractivity (Wildman–Crippen MR) is 86.8 cm³/mol. The van der Waals surface area contributed by atoms with Crippen molar-refractivity contribution in [1.82, 2.24) is 10.2 Å². The highest BCUT2D eigenvalue weighted by atomic mass is 19.1. The fourth-order valence-electron chi connectivity index (χ4n) is 2.20. The highest BCUT2D eigenvalue weighted by Gasteiger charge is 2.23. The van der Waals surface area contributed by atoms with E-state index in [-0.39, 0.29) is 17.7 Å². The first kappa shape index (κ1) is 17.2. The van der Waals surface area contributed by atoms with Crippen molar-refractivity contribution in [1.29, 1.82) is 0 Å². The molecule has 0 radical (unpaired) electrons. The van der Waals surface area contributed by atoms with Crippen LogP contribution in [0.15, 0.2) is 22.6 Å². The van der Waals surface area contributed by atoms with Gasteiger partial charge in [0.25, 0.3) is 0 Å². The van der Waals surface area contributed by atoms with Crippen LogP contribution in [0.1, 0.15) is 39.1 Å². The average molecular weight is 322 g/mol. The molecule has 126 valence electrons. The van der Waals surface area contributed by atoms with E-state index in [4.69, 9.17) is 4.42 Å². The number of nitrogens with zero attached hydrogens (tertiary/aromatic N) is 3. The van der Waals surface area contributed by atoms with Crippen molar-refractivity contribution in [2.24, 2.45) is 0 Å². The summed E-state index contributed by atoms with van der Waals surface area (Å²) in [7, 11) is 0. The molecule has 0 bridgehead atoms. The van der Waals surface area contributed by atoms with Gasteiger partial charge in [0, 0.05) is 19.6 Å². The van der Waals surface area contributed by atoms with Gasteiger partial charge in [-0.05, 0) is 45.4 Å². The number of rotatable bonds is 7. The Morgan fingerprint density at radius 3 is 2.48 bits per heavy atom. The Hall–Kier alpha value is -2.15. The van der Waals surface area contributed by atoms with Crippen LogP contribution < -0.4 is 10.2 Å². The number of nitrogens with one attached hydrogen (secondary N) is 1. The fourth-order valence-corrected chi connectivity index (χ4v) is 2.20. The summed E-state index contributed by atoms with van der Waals surface area (Å²) in [6, 6.07) is 5.32. The normalized spacial score (nSPS) is 11.6. The SMILES string of the molecule is CCN(CC)c1ccc(CNc2nnc(C(C)(C)O)o2)cc1F. The average Bonchev–Trinajstić information content (AvgIpc) is 2.97. The number of aliphatic hydroxyl groups is 1. The quantitative estimate of drug-likeness (QED) is 0.816. The first-order chi connectivity index (χ1) is 10.8. The zero-order valence-electron chi connectivity index (χ0n) is 13.9. The Bertz CT molecular complexity index is 648. The topological polar surface area (TPSA) is 74.4 Å². The third-order valence-electron chi connectivity index (χ3n) is 3.51. The van der Waals surface area contributed by atoms with Crippen LogP contribution in [0.4, 0.5) is 16.1 Å². The molecule has 0 unspecified atom stereocenters. The third-order valence-corrected chi connectivity index (χ3v) is 3.51. The first-order valence-electron chi connectivity index (χ1n) is 7.68. The Morgan fingerprint density at radius 2 is 1.96 bits per heavy atom. The van der Waals surface area contributed by atoms with Crippen molar-refractivity contribution in [3.05, 3.63) is 35.5 Å². The highest BCUT2D eigenvalue weighted by Crippen LogP contribution is 2.22. The number of halogens is 1. The lowest BCUT2D eigenvalue weighted by Gasteiger charge is -2.21. The fraction of sp³-hybridized carbons (Fsp3) is 0.500. The molecule has 1 aromatic heterocycles. The Labute approximate surface area is 135 Å². The zero-order chi connectivity index (χ0) is 17.0. The molecule has 2 aromatic rings. The maximum Gasteiger partial charge on any atom is 0.315 e. The number of aromatic nitrogens is 2. The lowest BCUT2D eigenvalue weighted by Crippen LogP contribution is -2.23. The van der Waals surface area contributed by atoms with E-state index in [1.807, 2.05) is 24.8 Å². The van der Waals surface area contributed by atoms with Crippen LogP contribution in [0.2, 0.25) is 0 Å². The van der Waals surface area contributed by atoms with Crippen molar-refractivity contribution in [2.75, 3.05) is 23.3 Å². The van der Waals surface area contributed by atoms with E-state index in [0.29, 0.717) is 12.2 Å². The molecule has 1 heterocycles. The molecule has 0 spiro atoms. The first-order valence-corrected chi connectivity index (χ1v) is 7.68. The van der Waals surface area contributed by atoms with Gasteiger partial charge in [0.1, 0.15) is 11.4 Å². The van der Waals surface area contributed by atoms with Crippen molar-refractivity contribution in [3.8, 4) is 0 Å². The van der Waals surface area contributed by atoms with Crippen LogP contribution in [0.3, 0.4) is 0 Å². The van der Waals surface area contributed by atoms with Crippen molar-refractivity contribution < 1.29 is 13.9 Å². The van der Waals surface area contributed by atoms with E-state index in [1.165, 1.54) is 6.07 Å². The van der Waals surface area contributed by atoms with E-state index < -0.39 is 5.60 Å². The maximum atomic E-state index is 14.2. The van der Waals surface area contributed by atoms with Crippen molar-refractivity contribution >= 4 is 11.7 Å². The molecule has 0 fully saturated rings. The van der Waals surface area contributed by atoms with Crippen LogP contribution >= 0.6 is 0 Å². The van der Waals surface area contributed by atoms with Crippen molar-refractivity contribution in [2.45, 2.75) is 39.8 Å². The molecular formula is C16H23FN4O2. The van der Waals surface area contributed by atoms with Gasteiger partial charge in [-0.1, -0.05) is 11.2 Å². The lowest BCUT2D eigenvalue weighted by molar-refractivity contribution is 0.0489. The number of anilines is 2. The molecule has 23 heavy (non-hydrogen) atoms. The van der Waals surface area contributed by atoms with Gasteiger partial charge in [0.15, 0.2) is 0 Å². The van der Waals surface area contributed by atoms with Crippen LogP contribution in [0.5, 0.6) is 0 Å². The molecule has 6 nitrogen and oxygen atoms in total. The second-order valence-corrected chi connectivity index (χ2v) is 5.78. The van der Waals surface area contributed by atoms with E-state index in [1.54, 1.807) is 19.9 Å². The van der Waals surface area contributed by atoms with Crippen molar-refractivity contribution in [3.63, 3.8) is 0 Å². The lowest BCUT2D eigenvalue weighted by atomic mass is 10.1.